The molecule has 2 fully saturated rings. The van der Waals surface area contributed by atoms with Crippen molar-refractivity contribution in [1.82, 2.24) is 20.0 Å². The van der Waals surface area contributed by atoms with Gasteiger partial charge in [0.1, 0.15) is 12.2 Å². The lowest BCUT2D eigenvalue weighted by molar-refractivity contribution is -0.0615. The number of nitrogens with zero attached hydrogens (tertiary/aromatic N) is 6. The van der Waals surface area contributed by atoms with Gasteiger partial charge in [0, 0.05) is 44.6 Å². The molecule has 0 aliphatic carbocycles. The normalized spacial score (nSPS) is 22.2. The number of hydrogen-bond acceptors (Lipinski definition) is 8. The van der Waals surface area contributed by atoms with Crippen LogP contribution in [0.5, 0.6) is 0 Å². The summed E-state index contributed by atoms with van der Waals surface area (Å²) in [7, 11) is 0. The average Bonchev–Trinajstić information content (AvgIpc) is 3.01. The average molecular weight is 326 g/mol. The van der Waals surface area contributed by atoms with E-state index < -0.39 is 0 Å². The van der Waals surface area contributed by atoms with Crippen LogP contribution in [-0.4, -0.2) is 58.9 Å². The molecule has 1 atom stereocenters. The maximum absolute atomic E-state index is 9.20. The van der Waals surface area contributed by atoms with E-state index in [0.29, 0.717) is 29.9 Å². The molecule has 0 radical (unpaired) electrons. The molecule has 2 aliphatic rings. The summed E-state index contributed by atoms with van der Waals surface area (Å²) in [6.45, 7) is 5.90. The van der Waals surface area contributed by atoms with Gasteiger partial charge in [0.05, 0.1) is 17.9 Å². The summed E-state index contributed by atoms with van der Waals surface area (Å²) >= 11 is 0. The van der Waals surface area contributed by atoms with Crippen LogP contribution in [0.4, 0.5) is 5.69 Å². The van der Waals surface area contributed by atoms with Gasteiger partial charge < -0.3 is 14.2 Å². The number of rotatable bonds is 3. The van der Waals surface area contributed by atoms with E-state index in [4.69, 9.17) is 9.26 Å². The number of aryl methyl sites for hydroxylation is 1. The van der Waals surface area contributed by atoms with Crippen molar-refractivity contribution >= 4 is 5.69 Å². The standard InChI is InChI=1S/C16H18N6O2/c1-11-19-16(24-20-11)15-10-21(4-5-23-15)13-8-22(9-13)14-2-3-18-7-12(14)6-17/h2-3,7,13,15H,4-5,8-10H2,1H3. The second-order valence-electron chi connectivity index (χ2n) is 6.10. The van der Waals surface area contributed by atoms with Crippen molar-refractivity contribution in [3.05, 3.63) is 35.7 Å². The predicted octanol–water partition coefficient (Wildman–Crippen LogP) is 0.907. The Morgan fingerprint density at radius 3 is 2.96 bits per heavy atom. The van der Waals surface area contributed by atoms with Crippen LogP contribution in [-0.2, 0) is 4.74 Å². The molecule has 8 nitrogen and oxygen atoms in total. The highest BCUT2D eigenvalue weighted by molar-refractivity contribution is 5.59. The summed E-state index contributed by atoms with van der Waals surface area (Å²) in [5.74, 6) is 1.18. The number of pyridine rings is 1. The van der Waals surface area contributed by atoms with Gasteiger partial charge in [-0.1, -0.05) is 5.16 Å². The number of morpholine rings is 1. The molecule has 4 heterocycles. The first kappa shape index (κ1) is 15.1. The molecule has 1 unspecified atom stereocenters. The highest BCUT2D eigenvalue weighted by Crippen LogP contribution is 2.29. The Kier molecular flexibility index (Phi) is 3.88. The molecule has 4 rings (SSSR count). The maximum Gasteiger partial charge on any atom is 0.257 e. The Morgan fingerprint density at radius 1 is 1.33 bits per heavy atom. The highest BCUT2D eigenvalue weighted by atomic mass is 16.5. The third-order valence-electron chi connectivity index (χ3n) is 4.55. The minimum Gasteiger partial charge on any atom is -0.367 e. The van der Waals surface area contributed by atoms with Crippen molar-refractivity contribution < 1.29 is 9.26 Å². The van der Waals surface area contributed by atoms with Crippen molar-refractivity contribution in [1.29, 1.82) is 5.26 Å². The zero-order valence-corrected chi connectivity index (χ0v) is 13.4. The molecule has 8 heteroatoms. The second kappa shape index (κ2) is 6.19. The van der Waals surface area contributed by atoms with Crippen LogP contribution >= 0.6 is 0 Å². The van der Waals surface area contributed by atoms with Crippen molar-refractivity contribution in [2.45, 2.75) is 19.1 Å². The summed E-state index contributed by atoms with van der Waals surface area (Å²) in [6, 6.07) is 4.55. The molecule has 2 aromatic heterocycles. The first-order valence-electron chi connectivity index (χ1n) is 7.99. The molecule has 0 spiro atoms. The fourth-order valence-corrected chi connectivity index (χ4v) is 3.23. The van der Waals surface area contributed by atoms with Gasteiger partial charge in [-0.25, -0.2) is 0 Å². The molecular weight excluding hydrogens is 308 g/mol. The molecule has 0 amide bonds. The predicted molar refractivity (Wildman–Crippen MR) is 84.3 cm³/mol. The van der Waals surface area contributed by atoms with E-state index in [0.717, 1.165) is 31.9 Å². The lowest BCUT2D eigenvalue weighted by atomic mass is 10.0. The van der Waals surface area contributed by atoms with Crippen LogP contribution in [0.2, 0.25) is 0 Å². The van der Waals surface area contributed by atoms with Gasteiger partial charge in [0.2, 0.25) is 0 Å². The molecule has 0 aromatic carbocycles. The lowest BCUT2D eigenvalue weighted by Crippen LogP contribution is -2.62. The molecule has 124 valence electrons. The fourth-order valence-electron chi connectivity index (χ4n) is 3.23. The van der Waals surface area contributed by atoms with Crippen LogP contribution in [0.25, 0.3) is 0 Å². The lowest BCUT2D eigenvalue weighted by Gasteiger charge is -2.48. The van der Waals surface area contributed by atoms with Gasteiger partial charge in [-0.05, 0) is 13.0 Å². The summed E-state index contributed by atoms with van der Waals surface area (Å²) in [5, 5.41) is 13.0. The summed E-state index contributed by atoms with van der Waals surface area (Å²) in [4.78, 5) is 12.9. The van der Waals surface area contributed by atoms with E-state index in [2.05, 4.69) is 31.0 Å². The van der Waals surface area contributed by atoms with Crippen LogP contribution in [0.1, 0.15) is 23.4 Å². The number of aromatic nitrogens is 3. The zero-order valence-electron chi connectivity index (χ0n) is 13.4. The maximum atomic E-state index is 9.20. The zero-order chi connectivity index (χ0) is 16.5. The van der Waals surface area contributed by atoms with E-state index >= 15 is 0 Å². The van der Waals surface area contributed by atoms with E-state index in [1.165, 1.54) is 0 Å². The minimum absolute atomic E-state index is 0.162. The van der Waals surface area contributed by atoms with Gasteiger partial charge in [0.15, 0.2) is 5.82 Å². The topological polar surface area (TPSA) is 91.3 Å². The first-order chi connectivity index (χ1) is 11.7. The van der Waals surface area contributed by atoms with E-state index in [1.807, 2.05) is 6.07 Å². The summed E-state index contributed by atoms with van der Waals surface area (Å²) in [5.41, 5.74) is 1.58. The van der Waals surface area contributed by atoms with Crippen LogP contribution in [0.15, 0.2) is 23.0 Å². The Hall–Kier alpha value is -2.50. The second-order valence-corrected chi connectivity index (χ2v) is 6.10. The van der Waals surface area contributed by atoms with Crippen LogP contribution in [0.3, 0.4) is 0 Å². The smallest absolute Gasteiger partial charge is 0.257 e. The van der Waals surface area contributed by atoms with Gasteiger partial charge in [-0.15, -0.1) is 0 Å². The molecule has 2 aliphatic heterocycles. The molecule has 2 aromatic rings. The molecular formula is C16H18N6O2. The Balaban J connectivity index is 1.39. The molecule has 0 saturated carbocycles. The fraction of sp³-hybridized carbons (Fsp3) is 0.500. The van der Waals surface area contributed by atoms with Gasteiger partial charge >= 0.3 is 0 Å². The third-order valence-corrected chi connectivity index (χ3v) is 4.55. The van der Waals surface area contributed by atoms with Crippen LogP contribution < -0.4 is 4.90 Å². The van der Waals surface area contributed by atoms with E-state index in [1.54, 1.807) is 19.3 Å². The van der Waals surface area contributed by atoms with E-state index in [9.17, 15) is 5.26 Å². The Morgan fingerprint density at radius 2 is 2.21 bits per heavy atom. The third kappa shape index (κ3) is 2.72. The van der Waals surface area contributed by atoms with Crippen molar-refractivity contribution in [2.24, 2.45) is 0 Å². The number of nitriles is 1. The largest absolute Gasteiger partial charge is 0.367 e. The number of ether oxygens (including phenoxy) is 1. The monoisotopic (exact) mass is 326 g/mol. The van der Waals surface area contributed by atoms with Gasteiger partial charge in [0.25, 0.3) is 5.89 Å². The Bertz CT molecular complexity index is 764. The molecule has 2 saturated heterocycles. The Labute approximate surface area is 139 Å². The highest BCUT2D eigenvalue weighted by Gasteiger charge is 2.37. The van der Waals surface area contributed by atoms with E-state index in [-0.39, 0.29) is 6.10 Å². The first-order valence-corrected chi connectivity index (χ1v) is 7.99. The molecule has 0 bridgehead atoms. The quantitative estimate of drug-likeness (QED) is 0.822. The minimum atomic E-state index is -0.162. The number of anilines is 1. The molecule has 0 N–H and O–H groups in total. The van der Waals surface area contributed by atoms with Crippen molar-refractivity contribution in [3.63, 3.8) is 0 Å². The number of hydrogen-bond donors (Lipinski definition) is 0. The van der Waals surface area contributed by atoms with Crippen molar-refractivity contribution in [3.8, 4) is 6.07 Å². The van der Waals surface area contributed by atoms with Gasteiger partial charge in [-0.2, -0.15) is 10.2 Å². The van der Waals surface area contributed by atoms with Crippen molar-refractivity contribution in [2.75, 3.05) is 37.7 Å². The van der Waals surface area contributed by atoms with Gasteiger partial charge in [-0.3, -0.25) is 9.88 Å². The summed E-state index contributed by atoms with van der Waals surface area (Å²) in [6.07, 6.45) is 3.18. The SMILES string of the molecule is Cc1noc(C2CN(C3CN(c4ccncc4C#N)C3)CCO2)n1. The molecule has 24 heavy (non-hydrogen) atoms. The summed E-state index contributed by atoms with van der Waals surface area (Å²) < 4.78 is 11.0. The van der Waals surface area contributed by atoms with Crippen LogP contribution in [0, 0.1) is 18.3 Å².